The van der Waals surface area contributed by atoms with E-state index in [4.69, 9.17) is 4.74 Å². The van der Waals surface area contributed by atoms with Crippen LogP contribution in [0.2, 0.25) is 0 Å². The number of para-hydroxylation sites is 1. The summed E-state index contributed by atoms with van der Waals surface area (Å²) in [6.45, 7) is 6.78. The predicted molar refractivity (Wildman–Crippen MR) is 129 cm³/mol. The van der Waals surface area contributed by atoms with E-state index in [-0.39, 0.29) is 17.3 Å². The van der Waals surface area contributed by atoms with Gasteiger partial charge in [0.1, 0.15) is 10.6 Å². The van der Waals surface area contributed by atoms with Crippen LogP contribution in [0.5, 0.6) is 5.75 Å². The molecule has 1 N–H and O–H groups in total. The summed E-state index contributed by atoms with van der Waals surface area (Å²) in [6.07, 6.45) is 1.72. The van der Waals surface area contributed by atoms with Crippen LogP contribution in [0.25, 0.3) is 0 Å². The third kappa shape index (κ3) is 5.66. The number of piperazine rings is 1. The highest BCUT2D eigenvalue weighted by atomic mass is 32.2. The molecule has 178 valence electrons. The van der Waals surface area contributed by atoms with Crippen LogP contribution in [0.3, 0.4) is 0 Å². The maximum absolute atomic E-state index is 13.2. The molecule has 33 heavy (non-hydrogen) atoms. The Morgan fingerprint density at radius 1 is 0.970 bits per heavy atom. The fraction of sp³-hybridized carbons (Fsp3) is 0.458. The largest absolute Gasteiger partial charge is 0.492 e. The average molecular weight is 473 g/mol. The summed E-state index contributed by atoms with van der Waals surface area (Å²) in [5.74, 6) is 0.163. The van der Waals surface area contributed by atoms with Crippen LogP contribution < -0.4 is 15.0 Å². The zero-order valence-electron chi connectivity index (χ0n) is 19.1. The summed E-state index contributed by atoms with van der Waals surface area (Å²) in [4.78, 5) is 17.2. The molecule has 0 saturated carbocycles. The lowest BCUT2D eigenvalue weighted by Gasteiger charge is -2.35. The highest BCUT2D eigenvalue weighted by Crippen LogP contribution is 2.31. The van der Waals surface area contributed by atoms with Gasteiger partial charge in [-0.3, -0.25) is 9.69 Å². The maximum atomic E-state index is 13.2. The summed E-state index contributed by atoms with van der Waals surface area (Å²) in [7, 11) is -3.67. The first-order chi connectivity index (χ1) is 16.0. The van der Waals surface area contributed by atoms with Gasteiger partial charge < -0.3 is 15.0 Å². The molecule has 2 fully saturated rings. The Balaban J connectivity index is 1.39. The van der Waals surface area contributed by atoms with Gasteiger partial charge in [0.2, 0.25) is 15.9 Å². The minimum absolute atomic E-state index is 0.112. The maximum Gasteiger partial charge on any atom is 0.246 e. The molecule has 2 aromatic rings. The van der Waals surface area contributed by atoms with E-state index in [1.54, 1.807) is 12.1 Å². The number of carbonyl (C=O) groups excluding carboxylic acids is 1. The number of hydrogen-bond acceptors (Lipinski definition) is 6. The molecule has 0 bridgehead atoms. The molecule has 0 aliphatic carbocycles. The first kappa shape index (κ1) is 23.5. The van der Waals surface area contributed by atoms with E-state index in [2.05, 4.69) is 27.2 Å². The van der Waals surface area contributed by atoms with Crippen molar-refractivity contribution in [2.75, 3.05) is 62.6 Å². The number of carbonyl (C=O) groups is 1. The summed E-state index contributed by atoms with van der Waals surface area (Å²) in [5.41, 5.74) is 1.66. The Bertz CT molecular complexity index is 1050. The number of rotatable bonds is 8. The van der Waals surface area contributed by atoms with Crippen LogP contribution in [0.15, 0.2) is 53.4 Å². The van der Waals surface area contributed by atoms with Gasteiger partial charge in [-0.25, -0.2) is 8.42 Å². The molecular formula is C24H32N4O4S. The summed E-state index contributed by atoms with van der Waals surface area (Å²) in [6, 6.07) is 15.1. The van der Waals surface area contributed by atoms with Crippen LogP contribution in [0.4, 0.5) is 11.4 Å². The number of ether oxygens (including phenoxy) is 1. The molecule has 2 aliphatic heterocycles. The van der Waals surface area contributed by atoms with E-state index in [1.165, 1.54) is 16.1 Å². The minimum atomic E-state index is -3.67. The first-order valence-electron chi connectivity index (χ1n) is 11.6. The SMILES string of the molecule is CCOc1ccc(NC(=O)CN2CCN(c3ccccc3)CC2)cc1S(=O)(=O)N1CCCC1. The fourth-order valence-corrected chi connectivity index (χ4v) is 6.01. The lowest BCUT2D eigenvalue weighted by atomic mass is 10.2. The number of nitrogens with one attached hydrogen (secondary N) is 1. The van der Waals surface area contributed by atoms with Crippen LogP contribution in [-0.4, -0.2) is 76.0 Å². The molecule has 1 amide bonds. The lowest BCUT2D eigenvalue weighted by molar-refractivity contribution is -0.117. The van der Waals surface area contributed by atoms with Crippen molar-refractivity contribution in [3.8, 4) is 5.75 Å². The van der Waals surface area contributed by atoms with Gasteiger partial charge in [0, 0.05) is 50.6 Å². The monoisotopic (exact) mass is 472 g/mol. The Kier molecular flexibility index (Phi) is 7.52. The summed E-state index contributed by atoms with van der Waals surface area (Å²) < 4.78 is 33.4. The standard InChI is InChI=1S/C24H32N4O4S/c1-2-32-22-11-10-20(18-23(22)33(30,31)28-12-6-7-13-28)25-24(29)19-26-14-16-27(17-15-26)21-8-4-3-5-9-21/h3-5,8-11,18H,2,6-7,12-17,19H2,1H3,(H,25,29). The van der Waals surface area contributed by atoms with Gasteiger partial charge in [-0.05, 0) is 50.1 Å². The molecule has 2 heterocycles. The van der Waals surface area contributed by atoms with Gasteiger partial charge in [0.15, 0.2) is 0 Å². The molecule has 0 radical (unpaired) electrons. The fourth-order valence-electron chi connectivity index (χ4n) is 4.34. The topological polar surface area (TPSA) is 82.2 Å². The van der Waals surface area contributed by atoms with Gasteiger partial charge in [0.05, 0.1) is 13.2 Å². The first-order valence-corrected chi connectivity index (χ1v) is 13.0. The molecule has 4 rings (SSSR count). The molecular weight excluding hydrogens is 440 g/mol. The molecule has 2 aliphatic rings. The Hall–Kier alpha value is -2.62. The van der Waals surface area contributed by atoms with Gasteiger partial charge >= 0.3 is 0 Å². The van der Waals surface area contributed by atoms with E-state index >= 15 is 0 Å². The van der Waals surface area contributed by atoms with Crippen molar-refractivity contribution in [1.82, 2.24) is 9.21 Å². The molecule has 0 aromatic heterocycles. The number of hydrogen-bond donors (Lipinski definition) is 1. The zero-order chi connectivity index (χ0) is 23.3. The Labute approximate surface area is 196 Å². The minimum Gasteiger partial charge on any atom is -0.492 e. The number of anilines is 2. The number of sulfonamides is 1. The number of benzene rings is 2. The second kappa shape index (κ2) is 10.5. The quantitative estimate of drug-likeness (QED) is 0.636. The summed E-state index contributed by atoms with van der Waals surface area (Å²) in [5, 5.41) is 2.87. The molecule has 0 unspecified atom stereocenters. The van der Waals surface area contributed by atoms with Crippen LogP contribution in [0.1, 0.15) is 19.8 Å². The van der Waals surface area contributed by atoms with Crippen molar-refractivity contribution in [2.24, 2.45) is 0 Å². The van der Waals surface area contributed by atoms with Gasteiger partial charge in [-0.1, -0.05) is 18.2 Å². The number of amides is 1. The normalized spacial score (nSPS) is 17.8. The molecule has 9 heteroatoms. The highest BCUT2D eigenvalue weighted by Gasteiger charge is 2.30. The van der Waals surface area contributed by atoms with Crippen molar-refractivity contribution in [3.05, 3.63) is 48.5 Å². The van der Waals surface area contributed by atoms with Crippen molar-refractivity contribution in [1.29, 1.82) is 0 Å². The Morgan fingerprint density at radius 2 is 1.67 bits per heavy atom. The van der Waals surface area contributed by atoms with Crippen molar-refractivity contribution < 1.29 is 17.9 Å². The van der Waals surface area contributed by atoms with Crippen molar-refractivity contribution in [2.45, 2.75) is 24.7 Å². The molecule has 2 aromatic carbocycles. The third-order valence-corrected chi connectivity index (χ3v) is 7.99. The second-order valence-electron chi connectivity index (χ2n) is 8.35. The third-order valence-electron chi connectivity index (χ3n) is 6.07. The van der Waals surface area contributed by atoms with E-state index in [9.17, 15) is 13.2 Å². The second-order valence-corrected chi connectivity index (χ2v) is 10.3. The smallest absolute Gasteiger partial charge is 0.246 e. The average Bonchev–Trinajstić information content (AvgIpc) is 3.37. The number of nitrogens with zero attached hydrogens (tertiary/aromatic N) is 3. The van der Waals surface area contributed by atoms with Gasteiger partial charge in [-0.15, -0.1) is 0 Å². The summed E-state index contributed by atoms with van der Waals surface area (Å²) >= 11 is 0. The highest BCUT2D eigenvalue weighted by molar-refractivity contribution is 7.89. The van der Waals surface area contributed by atoms with Crippen LogP contribution in [0, 0.1) is 0 Å². The van der Waals surface area contributed by atoms with Gasteiger partial charge in [-0.2, -0.15) is 4.31 Å². The van der Waals surface area contributed by atoms with Gasteiger partial charge in [0.25, 0.3) is 0 Å². The van der Waals surface area contributed by atoms with E-state index < -0.39 is 10.0 Å². The predicted octanol–water partition coefficient (Wildman–Crippen LogP) is 2.63. The molecule has 0 atom stereocenters. The van der Waals surface area contributed by atoms with E-state index in [1.807, 2.05) is 25.1 Å². The van der Waals surface area contributed by atoms with Crippen molar-refractivity contribution >= 4 is 27.3 Å². The van der Waals surface area contributed by atoms with E-state index in [0.29, 0.717) is 31.1 Å². The lowest BCUT2D eigenvalue weighted by Crippen LogP contribution is -2.48. The molecule has 8 nitrogen and oxygen atoms in total. The van der Waals surface area contributed by atoms with Crippen molar-refractivity contribution in [3.63, 3.8) is 0 Å². The van der Waals surface area contributed by atoms with E-state index in [0.717, 1.165) is 39.0 Å². The van der Waals surface area contributed by atoms with Crippen LogP contribution >= 0.6 is 0 Å². The van der Waals surface area contributed by atoms with Crippen LogP contribution in [-0.2, 0) is 14.8 Å². The zero-order valence-corrected chi connectivity index (χ0v) is 19.9. The Morgan fingerprint density at radius 3 is 2.33 bits per heavy atom. The molecule has 0 spiro atoms. The molecule has 2 saturated heterocycles.